The number of allylic oxidation sites excluding steroid dienone is 1. The van der Waals surface area contributed by atoms with E-state index in [4.69, 9.17) is 5.10 Å². The average molecular weight is 349 g/mol. The number of hydrogen-bond acceptors (Lipinski definition) is 3. The highest BCUT2D eigenvalue weighted by Crippen LogP contribution is 2.50. The minimum atomic E-state index is -0.276. The van der Waals surface area contributed by atoms with Crippen LogP contribution < -0.4 is 5.32 Å². The maximum absolute atomic E-state index is 14.5. The molecule has 0 saturated heterocycles. The predicted molar refractivity (Wildman–Crippen MR) is 105 cm³/mol. The van der Waals surface area contributed by atoms with Crippen molar-refractivity contribution >= 4 is 11.4 Å². The molecule has 0 saturated carbocycles. The molecule has 0 amide bonds. The largest absolute Gasteiger partial charge is 0.384 e. The van der Waals surface area contributed by atoms with Crippen molar-refractivity contribution in [2.24, 2.45) is 11.0 Å². The van der Waals surface area contributed by atoms with E-state index < -0.39 is 0 Å². The van der Waals surface area contributed by atoms with Crippen molar-refractivity contribution in [3.63, 3.8) is 0 Å². The number of benzene rings is 2. The minimum Gasteiger partial charge on any atom is -0.384 e. The Kier molecular flexibility index (Phi) is 4.06. The van der Waals surface area contributed by atoms with Crippen LogP contribution in [0.1, 0.15) is 29.5 Å². The molecule has 0 aromatic heterocycles. The summed E-state index contributed by atoms with van der Waals surface area (Å²) < 4.78 is 14.5. The summed E-state index contributed by atoms with van der Waals surface area (Å²) in [5, 5.41) is 10.4. The SMILES string of the molecule is C=CCC1CNc2ccccc2C12CC(c1cc(C)ccc1F)=NN2C. The van der Waals surface area contributed by atoms with Gasteiger partial charge in [0.2, 0.25) is 0 Å². The first-order valence-corrected chi connectivity index (χ1v) is 9.08. The molecule has 2 aliphatic rings. The summed E-state index contributed by atoms with van der Waals surface area (Å²) in [6, 6.07) is 13.6. The lowest BCUT2D eigenvalue weighted by atomic mass is 9.70. The second-order valence-corrected chi connectivity index (χ2v) is 7.30. The number of halogens is 1. The Morgan fingerprint density at radius 1 is 1.35 bits per heavy atom. The first-order chi connectivity index (χ1) is 12.6. The van der Waals surface area contributed by atoms with Crippen LogP contribution in [0.25, 0.3) is 0 Å². The zero-order valence-corrected chi connectivity index (χ0v) is 15.3. The zero-order chi connectivity index (χ0) is 18.3. The van der Waals surface area contributed by atoms with Crippen LogP contribution in [0.15, 0.2) is 60.2 Å². The Morgan fingerprint density at radius 2 is 2.15 bits per heavy atom. The molecule has 2 heterocycles. The van der Waals surface area contributed by atoms with E-state index in [2.05, 4.69) is 35.1 Å². The van der Waals surface area contributed by atoms with Gasteiger partial charge >= 0.3 is 0 Å². The van der Waals surface area contributed by atoms with Crippen molar-refractivity contribution in [2.75, 3.05) is 18.9 Å². The van der Waals surface area contributed by atoms with Gasteiger partial charge in [-0.1, -0.05) is 35.9 Å². The Labute approximate surface area is 154 Å². The summed E-state index contributed by atoms with van der Waals surface area (Å²) in [7, 11) is 2.01. The number of hydrogen-bond donors (Lipinski definition) is 1. The van der Waals surface area contributed by atoms with E-state index in [1.807, 2.05) is 32.2 Å². The van der Waals surface area contributed by atoms with E-state index in [0.29, 0.717) is 17.9 Å². The molecule has 0 fully saturated rings. The molecular weight excluding hydrogens is 325 g/mol. The second kappa shape index (κ2) is 6.27. The van der Waals surface area contributed by atoms with Gasteiger partial charge in [-0.25, -0.2) is 4.39 Å². The standard InChI is InChI=1S/C22H24FN3/c1-4-7-16-14-24-20-9-6-5-8-18(20)22(16)13-21(25-26(22)3)17-12-15(2)10-11-19(17)23/h4-6,8-12,16,24H,1,7,13-14H2,2-3H3. The third-order valence-electron chi connectivity index (χ3n) is 5.78. The van der Waals surface area contributed by atoms with E-state index in [1.165, 1.54) is 11.6 Å². The van der Waals surface area contributed by atoms with E-state index in [1.54, 1.807) is 6.07 Å². The maximum Gasteiger partial charge on any atom is 0.132 e. The quantitative estimate of drug-likeness (QED) is 0.814. The third kappa shape index (κ3) is 2.44. The minimum absolute atomic E-state index is 0.206. The normalized spacial score (nSPS) is 24.2. The molecule has 26 heavy (non-hydrogen) atoms. The van der Waals surface area contributed by atoms with Gasteiger partial charge in [0.25, 0.3) is 0 Å². The molecule has 0 radical (unpaired) electrons. The fraction of sp³-hybridized carbons (Fsp3) is 0.318. The van der Waals surface area contributed by atoms with Crippen molar-refractivity contribution in [3.05, 3.63) is 77.6 Å². The Hall–Kier alpha value is -2.62. The zero-order valence-electron chi connectivity index (χ0n) is 15.3. The van der Waals surface area contributed by atoms with Crippen LogP contribution in [0.2, 0.25) is 0 Å². The van der Waals surface area contributed by atoms with Gasteiger partial charge in [-0.2, -0.15) is 5.10 Å². The highest BCUT2D eigenvalue weighted by molar-refractivity contribution is 6.03. The Balaban J connectivity index is 1.83. The number of rotatable bonds is 3. The molecule has 2 aromatic rings. The molecule has 4 heteroatoms. The molecule has 0 aliphatic carbocycles. The summed E-state index contributed by atoms with van der Waals surface area (Å²) in [6.07, 6.45) is 3.55. The Bertz CT molecular complexity index is 889. The van der Waals surface area contributed by atoms with Crippen LogP contribution in [-0.2, 0) is 5.54 Å². The van der Waals surface area contributed by atoms with Gasteiger partial charge in [0, 0.05) is 42.7 Å². The van der Waals surface area contributed by atoms with Crippen LogP contribution in [-0.4, -0.2) is 24.3 Å². The van der Waals surface area contributed by atoms with E-state index in [9.17, 15) is 4.39 Å². The fourth-order valence-electron chi connectivity index (χ4n) is 4.48. The summed E-state index contributed by atoms with van der Waals surface area (Å²) in [4.78, 5) is 0. The molecule has 0 bridgehead atoms. The fourth-order valence-corrected chi connectivity index (χ4v) is 4.48. The van der Waals surface area contributed by atoms with Crippen LogP contribution in [0.3, 0.4) is 0 Å². The van der Waals surface area contributed by atoms with Crippen molar-refractivity contribution in [2.45, 2.75) is 25.3 Å². The van der Waals surface area contributed by atoms with Gasteiger partial charge in [0.05, 0.1) is 11.3 Å². The highest BCUT2D eigenvalue weighted by Gasteiger charge is 2.51. The second-order valence-electron chi connectivity index (χ2n) is 7.30. The third-order valence-corrected chi connectivity index (χ3v) is 5.78. The molecule has 3 nitrogen and oxygen atoms in total. The number of nitrogens with zero attached hydrogens (tertiary/aromatic N) is 2. The van der Waals surface area contributed by atoms with E-state index >= 15 is 0 Å². The van der Waals surface area contributed by atoms with Gasteiger partial charge in [0.1, 0.15) is 5.82 Å². The maximum atomic E-state index is 14.5. The summed E-state index contributed by atoms with van der Waals surface area (Å²) in [5.41, 5.74) is 4.57. The van der Waals surface area contributed by atoms with Gasteiger partial charge in [-0.05, 0) is 31.5 Å². The topological polar surface area (TPSA) is 27.6 Å². The van der Waals surface area contributed by atoms with Crippen LogP contribution in [0.5, 0.6) is 0 Å². The smallest absolute Gasteiger partial charge is 0.132 e. The molecular formula is C22H24FN3. The molecule has 2 aliphatic heterocycles. The van der Waals surface area contributed by atoms with Gasteiger partial charge < -0.3 is 5.32 Å². The number of hydrazone groups is 1. The Morgan fingerprint density at radius 3 is 2.96 bits per heavy atom. The monoisotopic (exact) mass is 349 g/mol. The number of aryl methyl sites for hydroxylation is 1. The van der Waals surface area contributed by atoms with Crippen LogP contribution in [0.4, 0.5) is 10.1 Å². The molecule has 134 valence electrons. The molecule has 2 aromatic carbocycles. The van der Waals surface area contributed by atoms with Crippen LogP contribution >= 0.6 is 0 Å². The molecule has 1 N–H and O–H groups in total. The molecule has 4 rings (SSSR count). The molecule has 2 unspecified atom stereocenters. The summed E-state index contributed by atoms with van der Waals surface area (Å²) >= 11 is 0. The molecule has 1 spiro atoms. The highest BCUT2D eigenvalue weighted by atomic mass is 19.1. The number of nitrogens with one attached hydrogen (secondary N) is 1. The van der Waals surface area contributed by atoms with E-state index in [0.717, 1.165) is 29.9 Å². The lowest BCUT2D eigenvalue weighted by molar-refractivity contribution is 0.0806. The van der Waals surface area contributed by atoms with Gasteiger partial charge in [0.15, 0.2) is 0 Å². The van der Waals surface area contributed by atoms with Gasteiger partial charge in [-0.3, -0.25) is 5.01 Å². The lowest BCUT2D eigenvalue weighted by Gasteiger charge is -2.46. The number of fused-ring (bicyclic) bond motifs is 2. The first-order valence-electron chi connectivity index (χ1n) is 9.08. The van der Waals surface area contributed by atoms with Crippen molar-refractivity contribution in [1.29, 1.82) is 0 Å². The number of anilines is 1. The summed E-state index contributed by atoms with van der Waals surface area (Å²) in [6.45, 7) is 6.79. The van der Waals surface area contributed by atoms with Crippen molar-refractivity contribution < 1.29 is 4.39 Å². The first kappa shape index (κ1) is 16.8. The van der Waals surface area contributed by atoms with Crippen molar-refractivity contribution in [1.82, 2.24) is 5.01 Å². The predicted octanol–water partition coefficient (Wildman–Crippen LogP) is 4.69. The van der Waals surface area contributed by atoms with Crippen molar-refractivity contribution in [3.8, 4) is 0 Å². The average Bonchev–Trinajstić information content (AvgIpc) is 2.98. The van der Waals surface area contributed by atoms with Crippen LogP contribution in [0, 0.1) is 18.7 Å². The van der Waals surface area contributed by atoms with Gasteiger partial charge in [-0.15, -0.1) is 6.58 Å². The lowest BCUT2D eigenvalue weighted by Crippen LogP contribution is -2.50. The molecule has 2 atom stereocenters. The summed E-state index contributed by atoms with van der Waals surface area (Å²) in [5.74, 6) is 0.108. The number of para-hydroxylation sites is 1. The van der Waals surface area contributed by atoms with E-state index in [-0.39, 0.29) is 11.4 Å².